The first-order chi connectivity index (χ1) is 16.1. The second-order valence-corrected chi connectivity index (χ2v) is 10.5. The summed E-state index contributed by atoms with van der Waals surface area (Å²) in [6.07, 6.45) is 12.7. The number of ether oxygens (including phenoxy) is 1. The number of aryl methyl sites for hydroxylation is 1. The molecule has 0 spiro atoms. The van der Waals surface area contributed by atoms with Crippen molar-refractivity contribution in [3.63, 3.8) is 0 Å². The second kappa shape index (κ2) is 10.3. The predicted molar refractivity (Wildman–Crippen MR) is 131 cm³/mol. The van der Waals surface area contributed by atoms with Gasteiger partial charge in [-0.25, -0.2) is 0 Å². The highest BCUT2D eigenvalue weighted by Gasteiger charge is 2.31. The van der Waals surface area contributed by atoms with Gasteiger partial charge in [0.1, 0.15) is 6.29 Å². The minimum atomic E-state index is -0.449. The minimum absolute atomic E-state index is 0.0366. The van der Waals surface area contributed by atoms with Crippen LogP contribution in [0.25, 0.3) is 10.9 Å². The van der Waals surface area contributed by atoms with Gasteiger partial charge in [-0.15, -0.1) is 0 Å². The molecule has 3 fully saturated rings. The van der Waals surface area contributed by atoms with Gasteiger partial charge in [0.15, 0.2) is 0 Å². The molecule has 2 N–H and O–H groups in total. The van der Waals surface area contributed by atoms with Crippen LogP contribution in [0.2, 0.25) is 0 Å². The number of fused-ring (bicyclic) bond motifs is 1. The van der Waals surface area contributed by atoms with Crippen molar-refractivity contribution in [2.24, 2.45) is 0 Å². The van der Waals surface area contributed by atoms with Crippen molar-refractivity contribution >= 4 is 17.2 Å². The van der Waals surface area contributed by atoms with Gasteiger partial charge in [-0.1, -0.05) is 18.9 Å². The van der Waals surface area contributed by atoms with Crippen LogP contribution in [-0.4, -0.2) is 83.3 Å². The Kier molecular flexibility index (Phi) is 7.16. The van der Waals surface area contributed by atoms with Crippen molar-refractivity contribution in [3.8, 4) is 0 Å². The highest BCUT2D eigenvalue weighted by molar-refractivity contribution is 5.84. The molecule has 33 heavy (non-hydrogen) atoms. The van der Waals surface area contributed by atoms with Crippen LogP contribution < -0.4 is 0 Å². The molecule has 2 saturated heterocycles. The molecular formula is C27H39N3O3. The fraction of sp³-hybridized carbons (Fsp3) is 0.667. The molecule has 2 aliphatic heterocycles. The maximum atomic E-state index is 11.9. The summed E-state index contributed by atoms with van der Waals surface area (Å²) in [5.74, 6) is 0. The Morgan fingerprint density at radius 3 is 2.79 bits per heavy atom. The van der Waals surface area contributed by atoms with Gasteiger partial charge in [0, 0.05) is 42.8 Å². The summed E-state index contributed by atoms with van der Waals surface area (Å²) in [4.78, 5) is 20.2. The normalized spacial score (nSPS) is 25.1. The number of aldehydes is 1. The third-order valence-corrected chi connectivity index (χ3v) is 8.29. The van der Waals surface area contributed by atoms with Crippen molar-refractivity contribution in [2.45, 2.75) is 75.5 Å². The summed E-state index contributed by atoms with van der Waals surface area (Å²) in [7, 11) is 0. The van der Waals surface area contributed by atoms with Crippen LogP contribution in [0.4, 0.5) is 0 Å². The number of nitrogens with one attached hydrogen (secondary N) is 1. The number of benzene rings is 1. The Hall–Kier alpha value is -1.73. The van der Waals surface area contributed by atoms with Crippen molar-refractivity contribution in [1.82, 2.24) is 14.8 Å². The molecule has 180 valence electrons. The van der Waals surface area contributed by atoms with Crippen molar-refractivity contribution in [2.75, 3.05) is 39.4 Å². The second-order valence-electron chi connectivity index (χ2n) is 10.5. The highest BCUT2D eigenvalue weighted by atomic mass is 16.5. The Morgan fingerprint density at radius 2 is 2.00 bits per heavy atom. The van der Waals surface area contributed by atoms with E-state index < -0.39 is 5.60 Å². The summed E-state index contributed by atoms with van der Waals surface area (Å²) in [6.45, 7) is 5.04. The lowest BCUT2D eigenvalue weighted by Gasteiger charge is -2.35. The Morgan fingerprint density at radius 1 is 1.18 bits per heavy atom. The first kappa shape index (κ1) is 23.0. The number of aliphatic hydroxyl groups is 1. The molecule has 3 heterocycles. The van der Waals surface area contributed by atoms with E-state index in [1.165, 1.54) is 34.9 Å². The molecule has 0 radical (unpaired) electrons. The zero-order valence-corrected chi connectivity index (χ0v) is 19.8. The zero-order valence-electron chi connectivity index (χ0n) is 19.8. The number of carbonyl (C=O) groups excluding carboxylic acids is 1. The lowest BCUT2D eigenvalue weighted by molar-refractivity contribution is -0.115. The molecule has 1 saturated carbocycles. The molecule has 1 unspecified atom stereocenters. The molecule has 0 bridgehead atoms. The Labute approximate surface area is 197 Å². The molecule has 1 aromatic heterocycles. The number of aromatic nitrogens is 1. The maximum Gasteiger partial charge on any atom is 0.138 e. The summed E-state index contributed by atoms with van der Waals surface area (Å²) < 4.78 is 5.47. The molecule has 2 aromatic rings. The third kappa shape index (κ3) is 5.35. The number of morpholine rings is 1. The third-order valence-electron chi connectivity index (χ3n) is 8.29. The number of carbonyl (C=O) groups is 1. The van der Waals surface area contributed by atoms with Gasteiger partial charge in [-0.2, -0.15) is 0 Å². The van der Waals surface area contributed by atoms with Crippen LogP contribution in [0, 0.1) is 0 Å². The lowest BCUT2D eigenvalue weighted by atomic mass is 9.92. The van der Waals surface area contributed by atoms with E-state index >= 15 is 0 Å². The molecule has 0 amide bonds. The molecule has 1 aliphatic carbocycles. The summed E-state index contributed by atoms with van der Waals surface area (Å²) >= 11 is 0. The summed E-state index contributed by atoms with van der Waals surface area (Å²) in [5.41, 5.74) is 3.44. The number of rotatable bonds is 9. The Balaban J connectivity index is 1.25. The van der Waals surface area contributed by atoms with Gasteiger partial charge in [0.2, 0.25) is 0 Å². The number of aromatic amines is 1. The number of likely N-dealkylation sites (tertiary alicyclic amines) is 1. The molecule has 1 aromatic carbocycles. The van der Waals surface area contributed by atoms with Crippen molar-refractivity contribution < 1.29 is 14.6 Å². The topological polar surface area (TPSA) is 68.8 Å². The molecular weight excluding hydrogens is 414 g/mol. The van der Waals surface area contributed by atoms with E-state index in [1.54, 1.807) is 0 Å². The van der Waals surface area contributed by atoms with Gasteiger partial charge in [0.25, 0.3) is 0 Å². The molecule has 5 rings (SSSR count). The van der Waals surface area contributed by atoms with E-state index in [0.717, 1.165) is 90.6 Å². The fourth-order valence-electron chi connectivity index (χ4n) is 6.22. The number of hydrogen-bond acceptors (Lipinski definition) is 5. The van der Waals surface area contributed by atoms with Crippen LogP contribution in [0.15, 0.2) is 24.4 Å². The standard InChI is InChI=1S/C27H39N3O3/c31-20-24(29-12-14-33-15-13-29)19-30-11-3-4-23(30)17-22-18-28-26-6-5-21(16-25(22)26)7-10-27(32)8-1-2-9-27/h5-6,16,18,20,23-24,28,32H,1-4,7-15,17,19H2/t23-,24?/m1/s1. The average molecular weight is 454 g/mol. The van der Waals surface area contributed by atoms with Gasteiger partial charge in [0.05, 0.1) is 24.9 Å². The van der Waals surface area contributed by atoms with Crippen molar-refractivity contribution in [3.05, 3.63) is 35.5 Å². The first-order valence-corrected chi connectivity index (χ1v) is 13.0. The predicted octanol–water partition coefficient (Wildman–Crippen LogP) is 3.31. The van der Waals surface area contributed by atoms with Crippen LogP contribution in [0.3, 0.4) is 0 Å². The van der Waals surface area contributed by atoms with E-state index in [4.69, 9.17) is 4.74 Å². The van der Waals surface area contributed by atoms with E-state index in [1.807, 2.05) is 0 Å². The summed E-state index contributed by atoms with van der Waals surface area (Å²) in [5, 5.41) is 12.1. The lowest BCUT2D eigenvalue weighted by Crippen LogP contribution is -2.50. The van der Waals surface area contributed by atoms with Crippen LogP contribution >= 0.6 is 0 Å². The summed E-state index contributed by atoms with van der Waals surface area (Å²) in [6, 6.07) is 7.18. The van der Waals surface area contributed by atoms with E-state index in [0.29, 0.717) is 6.04 Å². The van der Waals surface area contributed by atoms with Crippen LogP contribution in [0.5, 0.6) is 0 Å². The molecule has 3 aliphatic rings. The largest absolute Gasteiger partial charge is 0.390 e. The minimum Gasteiger partial charge on any atom is -0.390 e. The molecule has 6 nitrogen and oxygen atoms in total. The SMILES string of the molecule is O=CC(CN1CCC[C@@H]1Cc1c[nH]c2ccc(CCC3(O)CCCC3)cc12)N1CCOCC1. The number of H-pyrrole nitrogens is 1. The molecule has 6 heteroatoms. The van der Waals surface area contributed by atoms with Crippen LogP contribution in [0.1, 0.15) is 56.1 Å². The van der Waals surface area contributed by atoms with Gasteiger partial charge >= 0.3 is 0 Å². The fourth-order valence-corrected chi connectivity index (χ4v) is 6.22. The number of hydrogen-bond donors (Lipinski definition) is 2. The monoisotopic (exact) mass is 453 g/mol. The van der Waals surface area contributed by atoms with Crippen LogP contribution in [-0.2, 0) is 22.4 Å². The first-order valence-electron chi connectivity index (χ1n) is 13.0. The van der Waals surface area contributed by atoms with E-state index in [9.17, 15) is 9.90 Å². The van der Waals surface area contributed by atoms with E-state index in [2.05, 4.69) is 39.2 Å². The average Bonchev–Trinajstić information content (AvgIpc) is 3.58. The van der Waals surface area contributed by atoms with Gasteiger partial charge in [-0.3, -0.25) is 9.80 Å². The smallest absolute Gasteiger partial charge is 0.138 e. The quantitative estimate of drug-likeness (QED) is 0.570. The zero-order chi connectivity index (χ0) is 22.7. The van der Waals surface area contributed by atoms with Gasteiger partial charge in [-0.05, 0) is 74.8 Å². The van der Waals surface area contributed by atoms with E-state index in [-0.39, 0.29) is 6.04 Å². The number of nitrogens with zero attached hydrogens (tertiary/aromatic N) is 2. The molecule has 2 atom stereocenters. The Bertz CT molecular complexity index is 930. The highest BCUT2D eigenvalue weighted by Crippen LogP contribution is 2.34. The van der Waals surface area contributed by atoms with Crippen molar-refractivity contribution in [1.29, 1.82) is 0 Å². The maximum absolute atomic E-state index is 11.9. The van der Waals surface area contributed by atoms with Gasteiger partial charge < -0.3 is 19.6 Å².